The Morgan fingerprint density at radius 3 is 2.60 bits per heavy atom. The molecule has 1 aliphatic carbocycles. The summed E-state index contributed by atoms with van der Waals surface area (Å²) in [6, 6.07) is 3.27. The van der Waals surface area contributed by atoms with Crippen LogP contribution in [-0.4, -0.2) is 40.7 Å². The van der Waals surface area contributed by atoms with Crippen LogP contribution in [0.25, 0.3) is 0 Å². The van der Waals surface area contributed by atoms with Gasteiger partial charge in [0.25, 0.3) is 0 Å². The van der Waals surface area contributed by atoms with Crippen LogP contribution in [0.5, 0.6) is 0 Å². The average molecular weight is 389 g/mol. The molecule has 1 aromatic heterocycles. The zero-order valence-electron chi connectivity index (χ0n) is 14.7. The lowest BCUT2D eigenvalue weighted by Crippen LogP contribution is -2.38. The minimum absolute atomic E-state index is 0.170. The molecule has 0 unspecified atom stereocenters. The van der Waals surface area contributed by atoms with E-state index < -0.39 is 10.0 Å². The Kier molecular flexibility index (Phi) is 8.14. The average Bonchev–Trinajstić information content (AvgIpc) is 2.91. The van der Waals surface area contributed by atoms with E-state index in [-0.39, 0.29) is 4.21 Å². The van der Waals surface area contributed by atoms with E-state index in [1.165, 1.54) is 31.7 Å². The van der Waals surface area contributed by atoms with Crippen LogP contribution >= 0.6 is 11.3 Å². The van der Waals surface area contributed by atoms with Crippen molar-refractivity contribution in [3.63, 3.8) is 0 Å². The Morgan fingerprint density at radius 1 is 1.28 bits per heavy atom. The van der Waals surface area contributed by atoms with Crippen molar-refractivity contribution in [3.05, 3.63) is 17.0 Å². The Bertz CT molecular complexity index is 650. The molecule has 1 aromatic rings. The molecule has 0 aliphatic heterocycles. The van der Waals surface area contributed by atoms with Crippen molar-refractivity contribution in [2.45, 2.75) is 55.4 Å². The van der Waals surface area contributed by atoms with Crippen LogP contribution in [0.1, 0.15) is 43.4 Å². The maximum Gasteiger partial charge on any atom is 0.247 e. The molecule has 9 heteroatoms. The smallest absolute Gasteiger partial charge is 0.247 e. The molecule has 0 radical (unpaired) electrons. The second-order valence-corrected chi connectivity index (χ2v) is 9.06. The van der Waals surface area contributed by atoms with E-state index in [2.05, 4.69) is 15.6 Å². The quantitative estimate of drug-likeness (QED) is 0.286. The molecule has 1 fully saturated rings. The van der Waals surface area contributed by atoms with E-state index in [0.29, 0.717) is 31.8 Å². The van der Waals surface area contributed by atoms with Gasteiger partial charge in [-0.05, 0) is 25.0 Å². The molecule has 0 atom stereocenters. The van der Waals surface area contributed by atoms with Crippen molar-refractivity contribution >= 4 is 27.3 Å². The molecule has 1 saturated carbocycles. The number of thiophene rings is 1. The normalized spacial score (nSPS) is 17.3. The van der Waals surface area contributed by atoms with Crippen LogP contribution in [-0.2, 0) is 21.3 Å². The molecule has 2 rings (SSSR count). The monoisotopic (exact) mass is 388 g/mol. The third kappa shape index (κ3) is 7.31. The number of hydrogen-bond acceptors (Lipinski definition) is 5. The van der Waals surface area contributed by atoms with Gasteiger partial charge in [0.2, 0.25) is 10.0 Å². The van der Waals surface area contributed by atoms with Gasteiger partial charge in [0.1, 0.15) is 4.21 Å². The zero-order chi connectivity index (χ0) is 18.1. The summed E-state index contributed by atoms with van der Waals surface area (Å²) in [6.07, 6.45) is 7.90. The topological polar surface area (TPSA) is 106 Å². The molecule has 4 N–H and O–H groups in total. The lowest BCUT2D eigenvalue weighted by molar-refractivity contribution is 0.0468. The predicted molar refractivity (Wildman–Crippen MR) is 101 cm³/mol. The number of ether oxygens (including phenoxy) is 1. The van der Waals surface area contributed by atoms with Crippen LogP contribution in [0.4, 0.5) is 0 Å². The number of primary sulfonamides is 1. The second-order valence-electron chi connectivity index (χ2n) is 6.10. The van der Waals surface area contributed by atoms with Gasteiger partial charge in [-0.3, -0.25) is 4.99 Å². The fraction of sp³-hybridized carbons (Fsp3) is 0.688. The molecule has 142 valence electrons. The molecule has 1 aliphatic rings. The van der Waals surface area contributed by atoms with Gasteiger partial charge in [-0.25, -0.2) is 13.6 Å². The Morgan fingerprint density at radius 2 is 2.00 bits per heavy atom. The summed E-state index contributed by atoms with van der Waals surface area (Å²) in [7, 11) is -1.93. The van der Waals surface area contributed by atoms with Crippen molar-refractivity contribution in [2.24, 2.45) is 10.1 Å². The van der Waals surface area contributed by atoms with Crippen LogP contribution < -0.4 is 15.8 Å². The maximum atomic E-state index is 11.3. The first-order valence-corrected chi connectivity index (χ1v) is 11.0. The van der Waals surface area contributed by atoms with Gasteiger partial charge in [0, 0.05) is 18.5 Å². The van der Waals surface area contributed by atoms with E-state index in [0.717, 1.165) is 29.1 Å². The molecule has 0 bridgehead atoms. The Labute approximate surface area is 154 Å². The Hall–Kier alpha value is -1.16. The molecule has 0 amide bonds. The Balaban J connectivity index is 1.67. The summed E-state index contributed by atoms with van der Waals surface area (Å²) in [4.78, 5) is 5.04. The summed E-state index contributed by atoms with van der Waals surface area (Å²) in [5, 5.41) is 11.5. The van der Waals surface area contributed by atoms with Gasteiger partial charge >= 0.3 is 0 Å². The highest BCUT2D eigenvalue weighted by Crippen LogP contribution is 2.20. The zero-order valence-corrected chi connectivity index (χ0v) is 16.3. The number of aliphatic imine (C=N–C) groups is 1. The number of nitrogens with two attached hydrogens (primary N) is 1. The number of nitrogens with zero attached hydrogens (tertiary/aromatic N) is 1. The van der Waals surface area contributed by atoms with E-state index in [9.17, 15) is 8.42 Å². The lowest BCUT2D eigenvalue weighted by atomic mass is 10.1. The van der Waals surface area contributed by atoms with Crippen molar-refractivity contribution in [1.82, 2.24) is 10.6 Å². The summed E-state index contributed by atoms with van der Waals surface area (Å²) in [5.74, 6) is 0.662. The van der Waals surface area contributed by atoms with E-state index >= 15 is 0 Å². The van der Waals surface area contributed by atoms with Gasteiger partial charge in [0.05, 0.1) is 19.3 Å². The van der Waals surface area contributed by atoms with Crippen LogP contribution in [0.15, 0.2) is 21.3 Å². The lowest BCUT2D eigenvalue weighted by Gasteiger charge is -2.16. The fourth-order valence-electron chi connectivity index (χ4n) is 2.80. The van der Waals surface area contributed by atoms with Crippen molar-refractivity contribution < 1.29 is 13.2 Å². The largest absolute Gasteiger partial charge is 0.376 e. The van der Waals surface area contributed by atoms with Gasteiger partial charge in [-0.15, -0.1) is 11.3 Å². The summed E-state index contributed by atoms with van der Waals surface area (Å²) in [6.45, 7) is 1.83. The second kappa shape index (κ2) is 10.1. The number of nitrogens with one attached hydrogen (secondary N) is 2. The third-order valence-corrected chi connectivity index (χ3v) is 6.65. The molecule has 7 nitrogen and oxygen atoms in total. The van der Waals surface area contributed by atoms with Gasteiger partial charge in [-0.1, -0.05) is 25.7 Å². The molecule has 1 heterocycles. The summed E-state index contributed by atoms with van der Waals surface area (Å²) >= 11 is 1.16. The summed E-state index contributed by atoms with van der Waals surface area (Å²) < 4.78 is 28.7. The molecule has 0 aromatic carbocycles. The molecule has 0 spiro atoms. The number of rotatable bonds is 7. The minimum Gasteiger partial charge on any atom is -0.376 e. The fourth-order valence-corrected chi connectivity index (χ4v) is 4.52. The standard InChI is InChI=1S/C16H28N4O3S2/c1-18-16(19-10-11-23-13-6-4-2-3-5-7-13)20-12-14-8-9-15(24-14)25(17,21)22/h8-9,13H,2-7,10-12H2,1H3,(H2,17,21,22)(H2,18,19,20). The highest BCUT2D eigenvalue weighted by molar-refractivity contribution is 7.91. The minimum atomic E-state index is -3.63. The number of sulfonamides is 1. The predicted octanol–water partition coefficient (Wildman–Crippen LogP) is 1.80. The van der Waals surface area contributed by atoms with E-state index in [1.54, 1.807) is 13.1 Å². The first-order chi connectivity index (χ1) is 12.0. The number of hydrogen-bond donors (Lipinski definition) is 3. The maximum absolute atomic E-state index is 11.3. The van der Waals surface area contributed by atoms with Crippen molar-refractivity contribution in [2.75, 3.05) is 20.2 Å². The van der Waals surface area contributed by atoms with Gasteiger partial charge < -0.3 is 15.4 Å². The highest BCUT2D eigenvalue weighted by atomic mass is 32.2. The molecule has 0 saturated heterocycles. The first kappa shape index (κ1) is 20.2. The first-order valence-electron chi connectivity index (χ1n) is 8.66. The van der Waals surface area contributed by atoms with Crippen molar-refractivity contribution in [1.29, 1.82) is 0 Å². The SMILES string of the molecule is CN=C(NCCOC1CCCCCC1)NCc1ccc(S(N)(=O)=O)s1. The highest BCUT2D eigenvalue weighted by Gasteiger charge is 2.13. The molecule has 25 heavy (non-hydrogen) atoms. The number of guanidine groups is 1. The van der Waals surface area contributed by atoms with Crippen LogP contribution in [0, 0.1) is 0 Å². The van der Waals surface area contributed by atoms with Gasteiger partial charge in [-0.2, -0.15) is 0 Å². The van der Waals surface area contributed by atoms with Crippen molar-refractivity contribution in [3.8, 4) is 0 Å². The molecular weight excluding hydrogens is 360 g/mol. The molecular formula is C16H28N4O3S2. The van der Waals surface area contributed by atoms with Gasteiger partial charge in [0.15, 0.2) is 5.96 Å². The third-order valence-electron chi connectivity index (χ3n) is 4.12. The van der Waals surface area contributed by atoms with E-state index in [4.69, 9.17) is 9.88 Å². The summed E-state index contributed by atoms with van der Waals surface area (Å²) in [5.41, 5.74) is 0. The van der Waals surface area contributed by atoms with Crippen LogP contribution in [0.2, 0.25) is 0 Å². The van der Waals surface area contributed by atoms with Crippen LogP contribution in [0.3, 0.4) is 0 Å². The van der Waals surface area contributed by atoms with E-state index in [1.807, 2.05) is 0 Å².